The lowest BCUT2D eigenvalue weighted by Gasteiger charge is -2.36. The quantitative estimate of drug-likeness (QED) is 0.794. The number of para-hydroxylation sites is 1. The van der Waals surface area contributed by atoms with E-state index >= 15 is 0 Å². The summed E-state index contributed by atoms with van der Waals surface area (Å²) in [5, 5.41) is 0.774. The Kier molecular flexibility index (Phi) is 6.65. The summed E-state index contributed by atoms with van der Waals surface area (Å²) in [5.74, 6) is -0.120. The first kappa shape index (κ1) is 20.3. The first-order chi connectivity index (χ1) is 13.4. The van der Waals surface area contributed by atoms with Crippen LogP contribution in [0.25, 0.3) is 0 Å². The number of hydrogen-bond acceptors (Lipinski definition) is 4. The number of carbonyl (C=O) groups excluding carboxylic acids is 2. The summed E-state index contributed by atoms with van der Waals surface area (Å²) in [4.78, 5) is 28.1. The second-order valence-electron chi connectivity index (χ2n) is 6.50. The van der Waals surface area contributed by atoms with Crippen molar-refractivity contribution in [1.29, 1.82) is 0 Å². The minimum atomic E-state index is -0.960. The summed E-state index contributed by atoms with van der Waals surface area (Å²) in [6.07, 6.45) is -1.85. The summed E-state index contributed by atoms with van der Waals surface area (Å²) in [5.41, 5.74) is 6.82. The monoisotopic (exact) mass is 421 g/mol. The van der Waals surface area contributed by atoms with Crippen LogP contribution in [0.15, 0.2) is 48.5 Å². The van der Waals surface area contributed by atoms with Gasteiger partial charge in [0.05, 0.1) is 6.42 Å². The van der Waals surface area contributed by atoms with Crippen LogP contribution in [-0.2, 0) is 9.53 Å². The van der Waals surface area contributed by atoms with E-state index in [1.807, 2.05) is 18.2 Å². The number of ether oxygens (including phenoxy) is 1. The van der Waals surface area contributed by atoms with Crippen LogP contribution >= 0.6 is 23.2 Å². The van der Waals surface area contributed by atoms with Crippen LogP contribution in [0, 0.1) is 0 Å². The molecule has 0 bridgehead atoms. The predicted molar refractivity (Wildman–Crippen MR) is 110 cm³/mol. The summed E-state index contributed by atoms with van der Waals surface area (Å²) in [6.45, 7) is 2.65. The van der Waals surface area contributed by atoms with Crippen molar-refractivity contribution < 1.29 is 14.3 Å². The Bertz CT molecular complexity index is 840. The van der Waals surface area contributed by atoms with Crippen LogP contribution < -0.4 is 10.6 Å². The molecule has 6 nitrogen and oxygen atoms in total. The first-order valence-corrected chi connectivity index (χ1v) is 9.68. The molecule has 148 valence electrons. The summed E-state index contributed by atoms with van der Waals surface area (Å²) >= 11 is 12.1. The Morgan fingerprint density at radius 2 is 1.71 bits per heavy atom. The van der Waals surface area contributed by atoms with Gasteiger partial charge in [0, 0.05) is 47.5 Å². The van der Waals surface area contributed by atoms with Gasteiger partial charge in [0.1, 0.15) is 6.10 Å². The zero-order valence-corrected chi connectivity index (χ0v) is 16.7. The third-order valence-electron chi connectivity index (χ3n) is 4.68. The van der Waals surface area contributed by atoms with Crippen molar-refractivity contribution in [1.82, 2.24) is 4.90 Å². The van der Waals surface area contributed by atoms with Crippen LogP contribution in [0.3, 0.4) is 0 Å². The summed E-state index contributed by atoms with van der Waals surface area (Å²) < 4.78 is 5.16. The number of hydrogen-bond donors (Lipinski definition) is 1. The molecule has 1 saturated heterocycles. The molecule has 1 aliphatic rings. The molecule has 1 heterocycles. The molecule has 2 aromatic rings. The van der Waals surface area contributed by atoms with Crippen LogP contribution in [-0.4, -0.2) is 43.1 Å². The van der Waals surface area contributed by atoms with E-state index in [4.69, 9.17) is 33.7 Å². The molecule has 1 fully saturated rings. The number of rotatable bonds is 5. The number of carbonyl (C=O) groups is 2. The zero-order chi connectivity index (χ0) is 20.1. The fraction of sp³-hybridized carbons (Fsp3) is 0.300. The van der Waals surface area contributed by atoms with E-state index < -0.39 is 12.2 Å². The molecular formula is C20H21Cl2N3O3. The maximum absolute atomic E-state index is 12.8. The molecule has 2 N–H and O–H groups in total. The van der Waals surface area contributed by atoms with E-state index in [0.717, 1.165) is 18.8 Å². The number of nitrogens with zero attached hydrogens (tertiary/aromatic N) is 2. The first-order valence-electron chi connectivity index (χ1n) is 8.93. The Labute approximate surface area is 173 Å². The number of amides is 2. The van der Waals surface area contributed by atoms with E-state index in [9.17, 15) is 9.59 Å². The van der Waals surface area contributed by atoms with Gasteiger partial charge in [0.2, 0.25) is 5.91 Å². The molecule has 0 spiro atoms. The Balaban J connectivity index is 1.65. The van der Waals surface area contributed by atoms with Crippen molar-refractivity contribution in [3.63, 3.8) is 0 Å². The molecule has 1 atom stereocenters. The molecule has 1 aliphatic heterocycles. The minimum absolute atomic E-state index is 0.0321. The molecule has 0 radical (unpaired) electrons. The highest BCUT2D eigenvalue weighted by Gasteiger charge is 2.27. The maximum Gasteiger partial charge on any atom is 0.405 e. The largest absolute Gasteiger partial charge is 0.441 e. The van der Waals surface area contributed by atoms with E-state index in [1.165, 1.54) is 0 Å². The Morgan fingerprint density at radius 3 is 2.32 bits per heavy atom. The van der Waals surface area contributed by atoms with Gasteiger partial charge in [-0.2, -0.15) is 0 Å². The third-order valence-corrected chi connectivity index (χ3v) is 5.24. The molecular weight excluding hydrogens is 401 g/mol. The van der Waals surface area contributed by atoms with Crippen LogP contribution in [0.1, 0.15) is 18.1 Å². The van der Waals surface area contributed by atoms with Crippen molar-refractivity contribution in [3.05, 3.63) is 64.1 Å². The molecule has 2 aromatic carbocycles. The lowest BCUT2D eigenvalue weighted by atomic mass is 10.1. The van der Waals surface area contributed by atoms with Crippen molar-refractivity contribution in [2.24, 2.45) is 5.73 Å². The molecule has 2 amide bonds. The van der Waals surface area contributed by atoms with Gasteiger partial charge in [0.15, 0.2) is 0 Å². The van der Waals surface area contributed by atoms with Gasteiger partial charge in [0.25, 0.3) is 0 Å². The third kappa shape index (κ3) is 5.09. The second kappa shape index (κ2) is 9.17. The molecule has 0 saturated carbocycles. The molecule has 3 rings (SSSR count). The number of halogens is 2. The topological polar surface area (TPSA) is 75.9 Å². The van der Waals surface area contributed by atoms with Gasteiger partial charge in [-0.15, -0.1) is 0 Å². The van der Waals surface area contributed by atoms with Gasteiger partial charge in [-0.25, -0.2) is 4.79 Å². The summed E-state index contributed by atoms with van der Waals surface area (Å²) in [6, 6.07) is 14.9. The average Bonchev–Trinajstić information content (AvgIpc) is 2.68. The fourth-order valence-electron chi connectivity index (χ4n) is 3.26. The van der Waals surface area contributed by atoms with Gasteiger partial charge in [-0.05, 0) is 24.3 Å². The van der Waals surface area contributed by atoms with Gasteiger partial charge < -0.3 is 20.3 Å². The maximum atomic E-state index is 12.8. The fourth-order valence-corrected chi connectivity index (χ4v) is 3.79. The minimum Gasteiger partial charge on any atom is -0.441 e. The molecule has 0 aromatic heterocycles. The number of anilines is 1. The molecule has 1 unspecified atom stereocenters. The van der Waals surface area contributed by atoms with Crippen LogP contribution in [0.2, 0.25) is 10.0 Å². The van der Waals surface area contributed by atoms with Gasteiger partial charge in [-0.3, -0.25) is 4.79 Å². The highest BCUT2D eigenvalue weighted by molar-refractivity contribution is 6.35. The Morgan fingerprint density at radius 1 is 1.04 bits per heavy atom. The lowest BCUT2D eigenvalue weighted by molar-refractivity contribution is -0.133. The van der Waals surface area contributed by atoms with E-state index in [-0.39, 0.29) is 12.3 Å². The Hall–Kier alpha value is -2.44. The average molecular weight is 422 g/mol. The van der Waals surface area contributed by atoms with E-state index in [1.54, 1.807) is 23.1 Å². The van der Waals surface area contributed by atoms with Crippen molar-refractivity contribution in [2.45, 2.75) is 12.5 Å². The van der Waals surface area contributed by atoms with Gasteiger partial charge in [-0.1, -0.05) is 47.5 Å². The van der Waals surface area contributed by atoms with Crippen molar-refractivity contribution >= 4 is 40.9 Å². The van der Waals surface area contributed by atoms with Crippen molar-refractivity contribution in [3.8, 4) is 0 Å². The van der Waals surface area contributed by atoms with Crippen molar-refractivity contribution in [2.75, 3.05) is 31.1 Å². The van der Waals surface area contributed by atoms with E-state index in [2.05, 4.69) is 17.0 Å². The lowest BCUT2D eigenvalue weighted by Crippen LogP contribution is -2.49. The molecule has 28 heavy (non-hydrogen) atoms. The zero-order valence-electron chi connectivity index (χ0n) is 15.2. The molecule has 8 heteroatoms. The highest BCUT2D eigenvalue weighted by atomic mass is 35.5. The highest BCUT2D eigenvalue weighted by Crippen LogP contribution is 2.31. The smallest absolute Gasteiger partial charge is 0.405 e. The summed E-state index contributed by atoms with van der Waals surface area (Å²) in [7, 11) is 0. The normalized spacial score (nSPS) is 15.2. The van der Waals surface area contributed by atoms with Crippen LogP contribution in [0.5, 0.6) is 0 Å². The molecule has 0 aliphatic carbocycles. The number of benzene rings is 2. The predicted octanol–water partition coefficient (Wildman–Crippen LogP) is 3.87. The number of nitrogens with two attached hydrogens (primary N) is 1. The van der Waals surface area contributed by atoms with Crippen LogP contribution in [0.4, 0.5) is 10.5 Å². The number of piperazine rings is 1. The SMILES string of the molecule is NC(=O)OC(CC(=O)N1CCN(c2ccccc2)CC1)c1ccc(Cl)cc1Cl. The van der Waals surface area contributed by atoms with Gasteiger partial charge >= 0.3 is 6.09 Å². The van der Waals surface area contributed by atoms with E-state index in [0.29, 0.717) is 28.7 Å². The standard InChI is InChI=1S/C20H21Cl2N3O3/c21-14-6-7-16(17(22)12-14)18(28-20(23)27)13-19(26)25-10-8-24(9-11-25)15-4-2-1-3-5-15/h1-7,12,18H,8-11,13H2,(H2,23,27). The second-order valence-corrected chi connectivity index (χ2v) is 7.34. The number of primary amides is 1.